The molecule has 0 heterocycles. The highest BCUT2D eigenvalue weighted by atomic mass is 32.2. The molecule has 1 aromatic rings. The van der Waals surface area contributed by atoms with E-state index in [0.29, 0.717) is 17.8 Å². The van der Waals surface area contributed by atoms with Gasteiger partial charge in [0.2, 0.25) is 10.0 Å². The fourth-order valence-electron chi connectivity index (χ4n) is 1.99. The number of amides is 2. The van der Waals surface area contributed by atoms with Gasteiger partial charge in [0, 0.05) is 25.3 Å². The molecular weight excluding hydrogens is 316 g/mol. The summed E-state index contributed by atoms with van der Waals surface area (Å²) in [6, 6.07) is 6.37. The number of hydrogen-bond acceptors (Lipinski definition) is 4. The number of nitrogens with one attached hydrogen (secondary N) is 2. The number of sulfonamides is 1. The van der Waals surface area contributed by atoms with Crippen LogP contribution in [0.4, 0.5) is 10.5 Å². The van der Waals surface area contributed by atoms with Crippen molar-refractivity contribution < 1.29 is 13.2 Å². The molecule has 0 unspecified atom stereocenters. The maximum absolute atomic E-state index is 12.3. The second-order valence-electron chi connectivity index (χ2n) is 5.64. The number of carbonyl (C=O) groups excluding carboxylic acids is 1. The Kier molecular flexibility index (Phi) is 5.23. The first-order chi connectivity index (χ1) is 10.8. The molecule has 7 nitrogen and oxygen atoms in total. The highest BCUT2D eigenvalue weighted by Gasteiger charge is 2.29. The maximum Gasteiger partial charge on any atom is 0.321 e. The molecule has 2 amide bonds. The number of rotatable bonds is 6. The fraction of sp³-hybridized carbons (Fsp3) is 0.467. The molecule has 1 aliphatic carbocycles. The monoisotopic (exact) mass is 336 g/mol. The van der Waals surface area contributed by atoms with Crippen LogP contribution in [0.15, 0.2) is 23.1 Å². The third-order valence-electron chi connectivity index (χ3n) is 3.53. The number of benzene rings is 1. The fourth-order valence-corrected chi connectivity index (χ4v) is 3.57. The number of nitrogens with zero attached hydrogens (tertiary/aromatic N) is 2. The Morgan fingerprint density at radius 3 is 2.74 bits per heavy atom. The maximum atomic E-state index is 12.3. The number of urea groups is 1. The smallest absolute Gasteiger partial charge is 0.321 e. The molecule has 2 N–H and O–H groups in total. The minimum atomic E-state index is -3.58. The predicted octanol–water partition coefficient (Wildman–Crippen LogP) is 1.81. The predicted molar refractivity (Wildman–Crippen MR) is 86.4 cm³/mol. The molecule has 0 atom stereocenters. The summed E-state index contributed by atoms with van der Waals surface area (Å²) < 4.78 is 27.3. The van der Waals surface area contributed by atoms with E-state index < -0.39 is 10.0 Å². The summed E-state index contributed by atoms with van der Waals surface area (Å²) in [5, 5.41) is 11.2. The molecule has 8 heteroatoms. The topological polar surface area (TPSA) is 102 Å². The van der Waals surface area contributed by atoms with Gasteiger partial charge in [-0.15, -0.1) is 0 Å². The van der Waals surface area contributed by atoms with Crippen molar-refractivity contribution in [1.29, 1.82) is 5.26 Å². The van der Waals surface area contributed by atoms with Gasteiger partial charge in [-0.1, -0.05) is 6.07 Å². The second-order valence-corrected chi connectivity index (χ2v) is 7.32. The quantitative estimate of drug-likeness (QED) is 0.827. The molecule has 0 spiro atoms. The number of carbonyl (C=O) groups is 1. The largest absolute Gasteiger partial charge is 0.327 e. The molecule has 0 radical (unpaired) electrons. The molecule has 1 saturated carbocycles. The van der Waals surface area contributed by atoms with Crippen LogP contribution in [0.5, 0.6) is 0 Å². The Hall–Kier alpha value is -2.11. The lowest BCUT2D eigenvalue weighted by Crippen LogP contribution is -2.32. The van der Waals surface area contributed by atoms with E-state index in [0.717, 1.165) is 12.8 Å². The van der Waals surface area contributed by atoms with Gasteiger partial charge < -0.3 is 10.2 Å². The van der Waals surface area contributed by atoms with Gasteiger partial charge in [-0.25, -0.2) is 17.9 Å². The minimum absolute atomic E-state index is 0.0229. The van der Waals surface area contributed by atoms with Crippen LogP contribution in [0.25, 0.3) is 0 Å². The normalized spacial score (nSPS) is 14.1. The Balaban J connectivity index is 2.13. The van der Waals surface area contributed by atoms with Gasteiger partial charge in [-0.3, -0.25) is 0 Å². The first-order valence-electron chi connectivity index (χ1n) is 7.35. The van der Waals surface area contributed by atoms with Crippen LogP contribution >= 0.6 is 0 Å². The summed E-state index contributed by atoms with van der Waals surface area (Å²) in [4.78, 5) is 13.5. The Morgan fingerprint density at radius 2 is 2.13 bits per heavy atom. The zero-order valence-electron chi connectivity index (χ0n) is 13.2. The molecule has 0 aromatic heterocycles. The average Bonchev–Trinajstić information content (AvgIpc) is 3.29. The lowest BCUT2D eigenvalue weighted by Gasteiger charge is -2.17. The first-order valence-corrected chi connectivity index (χ1v) is 8.84. The zero-order chi connectivity index (χ0) is 17.0. The van der Waals surface area contributed by atoms with E-state index in [1.54, 1.807) is 26.1 Å². The van der Waals surface area contributed by atoms with Crippen molar-refractivity contribution in [3.05, 3.63) is 23.8 Å². The summed E-state index contributed by atoms with van der Waals surface area (Å²) in [6.45, 7) is 2.02. The van der Waals surface area contributed by atoms with E-state index in [9.17, 15) is 13.2 Å². The van der Waals surface area contributed by atoms with Crippen molar-refractivity contribution in [2.45, 2.75) is 37.1 Å². The van der Waals surface area contributed by atoms with E-state index in [4.69, 9.17) is 5.26 Å². The third-order valence-corrected chi connectivity index (χ3v) is 5.20. The molecule has 1 aliphatic rings. The molecule has 0 aliphatic heterocycles. The van der Waals surface area contributed by atoms with E-state index in [-0.39, 0.29) is 23.4 Å². The molecule has 1 fully saturated rings. The SMILES string of the molecule is Cc1ccc(NC(=O)N(C)CCC#N)cc1S(=O)(=O)NC1CC1. The summed E-state index contributed by atoms with van der Waals surface area (Å²) in [5.74, 6) is 0. The number of aryl methyl sites for hydroxylation is 1. The molecular formula is C15H20N4O3S. The first kappa shape index (κ1) is 17.2. The van der Waals surface area contributed by atoms with Crippen LogP contribution in [0, 0.1) is 18.3 Å². The van der Waals surface area contributed by atoms with Gasteiger partial charge >= 0.3 is 6.03 Å². The van der Waals surface area contributed by atoms with Gasteiger partial charge in [0.25, 0.3) is 0 Å². The zero-order valence-corrected chi connectivity index (χ0v) is 14.0. The van der Waals surface area contributed by atoms with Crippen molar-refractivity contribution in [3.8, 4) is 6.07 Å². The van der Waals surface area contributed by atoms with Gasteiger partial charge in [0.15, 0.2) is 0 Å². The van der Waals surface area contributed by atoms with E-state index in [1.807, 2.05) is 6.07 Å². The number of anilines is 1. The lowest BCUT2D eigenvalue weighted by atomic mass is 10.2. The molecule has 23 heavy (non-hydrogen) atoms. The van der Waals surface area contributed by atoms with Crippen LogP contribution in [-0.2, 0) is 10.0 Å². The van der Waals surface area contributed by atoms with Crippen molar-refractivity contribution in [2.24, 2.45) is 0 Å². The van der Waals surface area contributed by atoms with Gasteiger partial charge in [0.05, 0.1) is 17.4 Å². The van der Waals surface area contributed by atoms with Gasteiger partial charge in [-0.2, -0.15) is 5.26 Å². The highest BCUT2D eigenvalue weighted by molar-refractivity contribution is 7.89. The molecule has 0 saturated heterocycles. The highest BCUT2D eigenvalue weighted by Crippen LogP contribution is 2.25. The van der Waals surface area contributed by atoms with Crippen LogP contribution in [0.3, 0.4) is 0 Å². The standard InChI is InChI=1S/C15H20N4O3S/c1-11-4-5-13(17-15(20)19(2)9-3-8-16)10-14(11)23(21,22)18-12-6-7-12/h4-5,10,12,18H,3,6-7,9H2,1-2H3,(H,17,20). The number of hydrogen-bond donors (Lipinski definition) is 2. The average molecular weight is 336 g/mol. The minimum Gasteiger partial charge on any atom is -0.327 e. The van der Waals surface area contributed by atoms with E-state index in [2.05, 4.69) is 10.0 Å². The molecule has 124 valence electrons. The van der Waals surface area contributed by atoms with Crippen molar-refractivity contribution in [3.63, 3.8) is 0 Å². The van der Waals surface area contributed by atoms with Crippen LogP contribution < -0.4 is 10.0 Å². The molecule has 1 aromatic carbocycles. The third kappa shape index (κ3) is 4.68. The van der Waals surface area contributed by atoms with Crippen molar-refractivity contribution in [2.75, 3.05) is 18.9 Å². The Labute approximate surface area is 136 Å². The van der Waals surface area contributed by atoms with Gasteiger partial charge in [0.1, 0.15) is 0 Å². The lowest BCUT2D eigenvalue weighted by molar-refractivity contribution is 0.223. The number of nitriles is 1. The summed E-state index contributed by atoms with van der Waals surface area (Å²) >= 11 is 0. The van der Waals surface area contributed by atoms with Gasteiger partial charge in [-0.05, 0) is 37.5 Å². The van der Waals surface area contributed by atoms with Crippen molar-refractivity contribution in [1.82, 2.24) is 9.62 Å². The Bertz CT molecular complexity index is 736. The molecule has 0 bridgehead atoms. The summed E-state index contributed by atoms with van der Waals surface area (Å²) in [6.07, 6.45) is 1.96. The summed E-state index contributed by atoms with van der Waals surface area (Å²) in [5.41, 5.74) is 1.02. The van der Waals surface area contributed by atoms with Crippen LogP contribution in [0.2, 0.25) is 0 Å². The van der Waals surface area contributed by atoms with E-state index >= 15 is 0 Å². The van der Waals surface area contributed by atoms with Crippen LogP contribution in [-0.4, -0.2) is 39.0 Å². The summed E-state index contributed by atoms with van der Waals surface area (Å²) in [7, 11) is -2.00. The van der Waals surface area contributed by atoms with Crippen LogP contribution in [0.1, 0.15) is 24.8 Å². The van der Waals surface area contributed by atoms with E-state index in [1.165, 1.54) is 11.0 Å². The molecule has 2 rings (SSSR count). The second kappa shape index (κ2) is 6.98. The van der Waals surface area contributed by atoms with Crippen molar-refractivity contribution >= 4 is 21.7 Å². The Morgan fingerprint density at radius 1 is 1.43 bits per heavy atom.